The van der Waals surface area contributed by atoms with Gasteiger partial charge in [0.1, 0.15) is 0 Å². The van der Waals surface area contributed by atoms with E-state index in [9.17, 15) is 18.0 Å². The maximum Gasteiger partial charge on any atom is 0.454 e. The molecule has 1 aromatic rings. The highest BCUT2D eigenvalue weighted by Crippen LogP contribution is 2.21. The molecule has 0 aliphatic carbocycles. The molecule has 0 spiro atoms. The molecule has 0 fully saturated rings. The first-order valence-corrected chi connectivity index (χ1v) is 4.83. The smallest absolute Gasteiger partial charge is 0.284 e. The predicted octanol–water partition coefficient (Wildman–Crippen LogP) is 3.33. The quantitative estimate of drug-likeness (QED) is 0.593. The maximum atomic E-state index is 12.0. The van der Waals surface area contributed by atoms with Crippen LogP contribution in [-0.4, -0.2) is 12.0 Å². The van der Waals surface area contributed by atoms with Gasteiger partial charge in [0, 0.05) is 10.9 Å². The summed E-state index contributed by atoms with van der Waals surface area (Å²) in [5, 5.41) is 0.549. The van der Waals surface area contributed by atoms with Gasteiger partial charge >= 0.3 is 6.18 Å². The third kappa shape index (κ3) is 2.57. The highest BCUT2D eigenvalue weighted by molar-refractivity contribution is 9.08. The van der Waals surface area contributed by atoms with Crippen LogP contribution >= 0.6 is 15.9 Å². The molecule has 1 rings (SSSR count). The van der Waals surface area contributed by atoms with E-state index < -0.39 is 12.0 Å². The van der Waals surface area contributed by atoms with Crippen LogP contribution in [0.3, 0.4) is 0 Å². The van der Waals surface area contributed by atoms with Crippen LogP contribution in [0.2, 0.25) is 0 Å². The topological polar surface area (TPSA) is 17.1 Å². The highest BCUT2D eigenvalue weighted by atomic mass is 79.9. The summed E-state index contributed by atoms with van der Waals surface area (Å²) in [6.07, 6.45) is -4.80. The van der Waals surface area contributed by atoms with E-state index >= 15 is 0 Å². The molecule has 0 aliphatic rings. The van der Waals surface area contributed by atoms with Gasteiger partial charge in [0.25, 0.3) is 5.78 Å². The Morgan fingerprint density at radius 3 is 2.07 bits per heavy atom. The van der Waals surface area contributed by atoms with Gasteiger partial charge in [-0.2, -0.15) is 13.2 Å². The van der Waals surface area contributed by atoms with Crippen molar-refractivity contribution in [1.82, 2.24) is 0 Å². The van der Waals surface area contributed by atoms with Gasteiger partial charge < -0.3 is 0 Å². The van der Waals surface area contributed by atoms with Crippen LogP contribution < -0.4 is 0 Å². The van der Waals surface area contributed by atoms with E-state index in [1.165, 1.54) is 24.3 Å². The number of carbonyl (C=O) groups is 1. The zero-order chi connectivity index (χ0) is 10.8. The molecule has 1 aromatic carbocycles. The molecule has 5 heteroatoms. The van der Waals surface area contributed by atoms with E-state index in [0.717, 1.165) is 5.56 Å². The second-order valence-corrected chi connectivity index (χ2v) is 3.22. The molecule has 0 amide bonds. The van der Waals surface area contributed by atoms with Crippen LogP contribution in [0.4, 0.5) is 13.2 Å². The van der Waals surface area contributed by atoms with Gasteiger partial charge in [-0.3, -0.25) is 4.79 Å². The third-order valence-corrected chi connectivity index (χ3v) is 2.28. The lowest BCUT2D eigenvalue weighted by molar-refractivity contribution is -0.0885. The lowest BCUT2D eigenvalue weighted by atomic mass is 10.1. The van der Waals surface area contributed by atoms with Gasteiger partial charge in [0.05, 0.1) is 0 Å². The van der Waals surface area contributed by atoms with Crippen LogP contribution in [0.1, 0.15) is 15.9 Å². The Labute approximate surface area is 87.1 Å². The van der Waals surface area contributed by atoms with Crippen LogP contribution in [0.25, 0.3) is 0 Å². The molecule has 0 radical (unpaired) electrons. The molecular formula is C9H6BrF3O. The number of benzene rings is 1. The van der Waals surface area contributed by atoms with E-state index in [-0.39, 0.29) is 5.56 Å². The average Bonchev–Trinajstić information content (AvgIpc) is 2.15. The molecule has 1 nitrogen and oxygen atoms in total. The van der Waals surface area contributed by atoms with Crippen molar-refractivity contribution in [2.75, 3.05) is 0 Å². The lowest BCUT2D eigenvalue weighted by Crippen LogP contribution is -2.22. The zero-order valence-corrected chi connectivity index (χ0v) is 8.52. The molecule has 0 bridgehead atoms. The monoisotopic (exact) mass is 266 g/mol. The molecule has 0 aliphatic heterocycles. The largest absolute Gasteiger partial charge is 0.454 e. The lowest BCUT2D eigenvalue weighted by Gasteiger charge is -2.05. The predicted molar refractivity (Wildman–Crippen MR) is 49.5 cm³/mol. The van der Waals surface area contributed by atoms with Gasteiger partial charge in [-0.05, 0) is 5.56 Å². The Hall–Kier alpha value is -0.840. The fourth-order valence-electron chi connectivity index (χ4n) is 0.909. The standard InChI is InChI=1S/C9H6BrF3O/c10-5-6-1-3-7(4-2-6)8(14)9(11,12)13/h1-4H,5H2. The maximum absolute atomic E-state index is 12.0. The summed E-state index contributed by atoms with van der Waals surface area (Å²) in [5.41, 5.74) is 0.492. The SMILES string of the molecule is O=C(c1ccc(CBr)cc1)C(F)(F)F. The van der Waals surface area contributed by atoms with E-state index in [2.05, 4.69) is 15.9 Å². The Morgan fingerprint density at radius 2 is 1.71 bits per heavy atom. The molecule has 0 atom stereocenters. The molecule has 0 saturated carbocycles. The molecular weight excluding hydrogens is 261 g/mol. The Morgan fingerprint density at radius 1 is 1.21 bits per heavy atom. The van der Waals surface area contributed by atoms with Crippen LogP contribution in [0.5, 0.6) is 0 Å². The number of carbonyl (C=O) groups excluding carboxylic acids is 1. The number of alkyl halides is 4. The Bertz CT molecular complexity index is 329. The van der Waals surface area contributed by atoms with Gasteiger partial charge in [0.15, 0.2) is 0 Å². The molecule has 14 heavy (non-hydrogen) atoms. The molecule has 0 saturated heterocycles. The van der Waals surface area contributed by atoms with Crippen molar-refractivity contribution in [3.8, 4) is 0 Å². The fourth-order valence-corrected chi connectivity index (χ4v) is 1.28. The summed E-state index contributed by atoms with van der Waals surface area (Å²) in [4.78, 5) is 10.7. The van der Waals surface area contributed by atoms with E-state index in [1.54, 1.807) is 0 Å². The number of hydrogen-bond acceptors (Lipinski definition) is 1. The summed E-state index contributed by atoms with van der Waals surface area (Å²) in [6, 6.07) is 5.31. The van der Waals surface area contributed by atoms with Crippen LogP contribution in [-0.2, 0) is 5.33 Å². The van der Waals surface area contributed by atoms with E-state index in [0.29, 0.717) is 5.33 Å². The zero-order valence-electron chi connectivity index (χ0n) is 6.94. The molecule has 76 valence electrons. The molecule has 0 unspecified atom stereocenters. The van der Waals surface area contributed by atoms with Crippen LogP contribution in [0.15, 0.2) is 24.3 Å². The number of hydrogen-bond donors (Lipinski definition) is 0. The van der Waals surface area contributed by atoms with Gasteiger partial charge in [-0.25, -0.2) is 0 Å². The minimum atomic E-state index is -4.80. The first kappa shape index (κ1) is 11.2. The second-order valence-electron chi connectivity index (χ2n) is 2.66. The Balaban J connectivity index is 2.93. The van der Waals surface area contributed by atoms with Crippen molar-refractivity contribution in [2.24, 2.45) is 0 Å². The van der Waals surface area contributed by atoms with Crippen molar-refractivity contribution >= 4 is 21.7 Å². The summed E-state index contributed by atoms with van der Waals surface area (Å²) >= 11 is 3.15. The highest BCUT2D eigenvalue weighted by Gasteiger charge is 2.38. The third-order valence-electron chi connectivity index (χ3n) is 1.63. The number of ketones is 1. The van der Waals surface area contributed by atoms with Crippen molar-refractivity contribution in [1.29, 1.82) is 0 Å². The fraction of sp³-hybridized carbons (Fsp3) is 0.222. The van der Waals surface area contributed by atoms with Crippen molar-refractivity contribution in [3.05, 3.63) is 35.4 Å². The minimum Gasteiger partial charge on any atom is -0.284 e. The first-order valence-electron chi connectivity index (χ1n) is 3.71. The molecule has 0 aromatic heterocycles. The number of Topliss-reactive ketones (excluding diaryl/α,β-unsaturated/α-hetero) is 1. The number of rotatable bonds is 2. The van der Waals surface area contributed by atoms with Crippen LogP contribution in [0, 0.1) is 0 Å². The first-order chi connectivity index (χ1) is 6.45. The summed E-state index contributed by atoms with van der Waals surface area (Å²) in [7, 11) is 0. The molecule has 0 N–H and O–H groups in total. The van der Waals surface area contributed by atoms with Gasteiger partial charge in [0.2, 0.25) is 0 Å². The summed E-state index contributed by atoms with van der Waals surface area (Å²) in [6.45, 7) is 0. The Kier molecular flexibility index (Phi) is 3.31. The van der Waals surface area contributed by atoms with Crippen molar-refractivity contribution in [2.45, 2.75) is 11.5 Å². The number of halogens is 4. The summed E-state index contributed by atoms with van der Waals surface area (Å²) in [5.74, 6) is -1.81. The second kappa shape index (κ2) is 4.13. The average molecular weight is 267 g/mol. The van der Waals surface area contributed by atoms with Crippen molar-refractivity contribution in [3.63, 3.8) is 0 Å². The minimum absolute atomic E-state index is 0.331. The summed E-state index contributed by atoms with van der Waals surface area (Å²) < 4.78 is 35.9. The normalized spacial score (nSPS) is 11.4. The van der Waals surface area contributed by atoms with Gasteiger partial charge in [-0.15, -0.1) is 0 Å². The van der Waals surface area contributed by atoms with Gasteiger partial charge in [-0.1, -0.05) is 40.2 Å². The van der Waals surface area contributed by atoms with E-state index in [1.807, 2.05) is 0 Å². The molecule has 0 heterocycles. The van der Waals surface area contributed by atoms with Crippen molar-refractivity contribution < 1.29 is 18.0 Å². The van der Waals surface area contributed by atoms with E-state index in [4.69, 9.17) is 0 Å².